The van der Waals surface area contributed by atoms with Crippen molar-refractivity contribution in [3.8, 4) is 11.3 Å². The molecule has 23 heavy (non-hydrogen) atoms. The number of hydrogen-bond donors (Lipinski definition) is 2. The van der Waals surface area contributed by atoms with Gasteiger partial charge in [0.2, 0.25) is 0 Å². The van der Waals surface area contributed by atoms with Crippen molar-refractivity contribution >= 4 is 5.91 Å². The Kier molecular flexibility index (Phi) is 3.76. The molecule has 3 rings (SSSR count). The number of aromatic amines is 1. The number of likely N-dealkylation sites (tertiary alicyclic amines) is 1. The molecule has 0 bridgehead atoms. The number of nitrogens with zero attached hydrogens (tertiary/aromatic N) is 2. The molecule has 1 saturated heterocycles. The molecule has 2 heterocycles. The maximum atomic E-state index is 12.6. The van der Waals surface area contributed by atoms with Crippen LogP contribution in [0.1, 0.15) is 35.5 Å². The van der Waals surface area contributed by atoms with Gasteiger partial charge in [0.15, 0.2) is 0 Å². The fraction of sp³-hybridized carbons (Fsp3) is 0.444. The van der Waals surface area contributed by atoms with Crippen molar-refractivity contribution in [2.24, 2.45) is 5.41 Å². The summed E-state index contributed by atoms with van der Waals surface area (Å²) in [6, 6.07) is 7.96. The predicted octanol–water partition coefficient (Wildman–Crippen LogP) is 2.54. The molecule has 1 unspecified atom stereocenters. The van der Waals surface area contributed by atoms with E-state index in [-0.39, 0.29) is 11.3 Å². The fourth-order valence-corrected chi connectivity index (χ4v) is 3.11. The molecule has 1 aliphatic heterocycles. The van der Waals surface area contributed by atoms with Crippen molar-refractivity contribution in [3.05, 3.63) is 41.1 Å². The van der Waals surface area contributed by atoms with E-state index in [2.05, 4.69) is 23.2 Å². The average Bonchev–Trinajstić information content (AvgIpc) is 3.04. The van der Waals surface area contributed by atoms with Gasteiger partial charge in [0.1, 0.15) is 5.69 Å². The van der Waals surface area contributed by atoms with E-state index in [4.69, 9.17) is 0 Å². The highest BCUT2D eigenvalue weighted by Crippen LogP contribution is 2.30. The second kappa shape index (κ2) is 5.49. The molecule has 5 heteroatoms. The maximum absolute atomic E-state index is 12.6. The third-order valence-electron chi connectivity index (χ3n) is 4.65. The highest BCUT2D eigenvalue weighted by molar-refractivity contribution is 5.93. The summed E-state index contributed by atoms with van der Waals surface area (Å²) in [5.41, 5.74) is 4.31. The lowest BCUT2D eigenvalue weighted by Crippen LogP contribution is -2.30. The molecule has 0 aliphatic carbocycles. The van der Waals surface area contributed by atoms with E-state index in [9.17, 15) is 9.90 Å². The van der Waals surface area contributed by atoms with Crippen molar-refractivity contribution in [1.29, 1.82) is 0 Å². The summed E-state index contributed by atoms with van der Waals surface area (Å²) in [5, 5.41) is 17.2. The van der Waals surface area contributed by atoms with E-state index in [1.165, 1.54) is 5.56 Å². The Morgan fingerprint density at radius 2 is 2.09 bits per heavy atom. The van der Waals surface area contributed by atoms with Crippen LogP contribution in [-0.2, 0) is 0 Å². The van der Waals surface area contributed by atoms with Crippen LogP contribution in [0.2, 0.25) is 0 Å². The van der Waals surface area contributed by atoms with Crippen LogP contribution in [0.25, 0.3) is 11.3 Å². The molecule has 0 radical (unpaired) electrons. The van der Waals surface area contributed by atoms with Gasteiger partial charge < -0.3 is 10.0 Å². The van der Waals surface area contributed by atoms with E-state index in [0.717, 1.165) is 16.8 Å². The Bertz CT molecular complexity index is 748. The molecule has 1 aromatic carbocycles. The summed E-state index contributed by atoms with van der Waals surface area (Å²) < 4.78 is 0. The van der Waals surface area contributed by atoms with Crippen LogP contribution in [0.15, 0.2) is 24.3 Å². The minimum atomic E-state index is -0.492. The highest BCUT2D eigenvalue weighted by Gasteiger charge is 2.40. The molecule has 1 fully saturated rings. The summed E-state index contributed by atoms with van der Waals surface area (Å²) in [7, 11) is 0. The quantitative estimate of drug-likeness (QED) is 0.895. The number of aryl methyl sites for hydroxylation is 2. The van der Waals surface area contributed by atoms with Crippen LogP contribution in [0.5, 0.6) is 0 Å². The monoisotopic (exact) mass is 313 g/mol. The molecule has 122 valence electrons. The number of nitrogens with one attached hydrogen (secondary N) is 1. The van der Waals surface area contributed by atoms with Gasteiger partial charge in [0.05, 0.1) is 11.8 Å². The number of H-pyrrole nitrogens is 1. The minimum Gasteiger partial charge on any atom is -0.391 e. The number of carbonyl (C=O) groups is 1. The van der Waals surface area contributed by atoms with Crippen LogP contribution in [-0.4, -0.2) is 45.3 Å². The van der Waals surface area contributed by atoms with Gasteiger partial charge in [-0.3, -0.25) is 9.89 Å². The molecule has 2 aromatic rings. The van der Waals surface area contributed by atoms with Crippen molar-refractivity contribution in [2.45, 2.75) is 33.8 Å². The van der Waals surface area contributed by atoms with Crippen molar-refractivity contribution in [1.82, 2.24) is 15.1 Å². The van der Waals surface area contributed by atoms with Gasteiger partial charge in [0, 0.05) is 24.1 Å². The predicted molar refractivity (Wildman–Crippen MR) is 89.2 cm³/mol. The number of rotatable bonds is 2. The zero-order valence-electron chi connectivity index (χ0n) is 14.1. The van der Waals surface area contributed by atoms with E-state index in [1.807, 2.05) is 32.9 Å². The standard InChI is InChI=1S/C18H23N3O2/c1-11-5-6-13(12(2)7-11)14-8-15(20-19-14)17(23)21-9-16(22)18(3,4)10-21/h5-8,16,22H,9-10H2,1-4H3,(H,19,20). The van der Waals surface area contributed by atoms with E-state index in [1.54, 1.807) is 11.0 Å². The molecular weight excluding hydrogens is 290 g/mol. The van der Waals surface area contributed by atoms with Crippen LogP contribution in [0.4, 0.5) is 0 Å². The largest absolute Gasteiger partial charge is 0.391 e. The Morgan fingerprint density at radius 3 is 2.70 bits per heavy atom. The molecule has 5 nitrogen and oxygen atoms in total. The zero-order valence-corrected chi connectivity index (χ0v) is 14.1. The summed E-state index contributed by atoms with van der Waals surface area (Å²) >= 11 is 0. The second-order valence-corrected chi connectivity index (χ2v) is 7.18. The molecule has 2 N–H and O–H groups in total. The maximum Gasteiger partial charge on any atom is 0.271 e. The van der Waals surface area contributed by atoms with E-state index < -0.39 is 6.10 Å². The number of aliphatic hydroxyl groups excluding tert-OH is 1. The fourth-order valence-electron chi connectivity index (χ4n) is 3.11. The number of benzene rings is 1. The summed E-state index contributed by atoms with van der Waals surface area (Å²) in [5.74, 6) is -0.113. The number of aliphatic hydroxyl groups is 1. The zero-order chi connectivity index (χ0) is 16.8. The Labute approximate surface area is 136 Å². The van der Waals surface area contributed by atoms with E-state index in [0.29, 0.717) is 18.8 Å². The van der Waals surface area contributed by atoms with Crippen molar-refractivity contribution in [2.75, 3.05) is 13.1 Å². The molecule has 1 amide bonds. The van der Waals surface area contributed by atoms with E-state index >= 15 is 0 Å². The summed E-state index contributed by atoms with van der Waals surface area (Å²) in [6.07, 6.45) is -0.492. The minimum absolute atomic E-state index is 0.113. The number of β-amino-alcohol motifs (C(OH)–C–C–N with tert-alkyl or cyclic N) is 1. The Balaban J connectivity index is 1.83. The lowest BCUT2D eigenvalue weighted by molar-refractivity contribution is 0.0757. The van der Waals surface area contributed by atoms with Gasteiger partial charge in [-0.05, 0) is 25.5 Å². The van der Waals surface area contributed by atoms with Crippen LogP contribution < -0.4 is 0 Å². The first-order valence-electron chi connectivity index (χ1n) is 7.88. The molecule has 1 atom stereocenters. The number of carbonyl (C=O) groups excluding carboxylic acids is 1. The normalized spacial score (nSPS) is 20.0. The summed E-state index contributed by atoms with van der Waals surface area (Å²) in [6.45, 7) is 8.95. The topological polar surface area (TPSA) is 69.2 Å². The van der Waals surface area contributed by atoms with Gasteiger partial charge in [-0.15, -0.1) is 0 Å². The Morgan fingerprint density at radius 1 is 1.35 bits per heavy atom. The van der Waals surface area contributed by atoms with Crippen LogP contribution in [0.3, 0.4) is 0 Å². The molecule has 0 spiro atoms. The lowest BCUT2D eigenvalue weighted by Gasteiger charge is -2.20. The van der Waals surface area contributed by atoms with Crippen molar-refractivity contribution in [3.63, 3.8) is 0 Å². The SMILES string of the molecule is Cc1ccc(-c2cc(C(=O)N3CC(O)C(C)(C)C3)[nH]n2)c(C)c1. The number of aromatic nitrogens is 2. The molecular formula is C18H23N3O2. The lowest BCUT2D eigenvalue weighted by atomic mass is 9.90. The van der Waals surface area contributed by atoms with Crippen LogP contribution in [0, 0.1) is 19.3 Å². The third-order valence-corrected chi connectivity index (χ3v) is 4.65. The van der Waals surface area contributed by atoms with Gasteiger partial charge in [-0.25, -0.2) is 0 Å². The first-order chi connectivity index (χ1) is 10.8. The summed E-state index contributed by atoms with van der Waals surface area (Å²) in [4.78, 5) is 14.3. The number of amides is 1. The molecule has 1 aromatic heterocycles. The van der Waals surface area contributed by atoms with Crippen molar-refractivity contribution < 1.29 is 9.90 Å². The molecule has 0 saturated carbocycles. The van der Waals surface area contributed by atoms with Gasteiger partial charge in [-0.1, -0.05) is 37.6 Å². The molecule has 1 aliphatic rings. The third kappa shape index (κ3) is 2.88. The smallest absolute Gasteiger partial charge is 0.271 e. The number of hydrogen-bond acceptors (Lipinski definition) is 3. The second-order valence-electron chi connectivity index (χ2n) is 7.18. The van der Waals surface area contributed by atoms with Gasteiger partial charge >= 0.3 is 0 Å². The van der Waals surface area contributed by atoms with Gasteiger partial charge in [-0.2, -0.15) is 5.10 Å². The average molecular weight is 313 g/mol. The van der Waals surface area contributed by atoms with Gasteiger partial charge in [0.25, 0.3) is 5.91 Å². The highest BCUT2D eigenvalue weighted by atomic mass is 16.3. The van der Waals surface area contributed by atoms with Crippen LogP contribution >= 0.6 is 0 Å². The first-order valence-corrected chi connectivity index (χ1v) is 7.88. The Hall–Kier alpha value is -2.14. The first kappa shape index (κ1) is 15.7.